The first-order valence-corrected chi connectivity index (χ1v) is 7.49. The highest BCUT2D eigenvalue weighted by molar-refractivity contribution is 7.09. The Hall–Kier alpha value is -1.76. The molecule has 1 saturated heterocycles. The van der Waals surface area contributed by atoms with E-state index in [1.807, 2.05) is 12.3 Å². The lowest BCUT2D eigenvalue weighted by Gasteiger charge is -2.44. The number of thiazole rings is 1. The van der Waals surface area contributed by atoms with Crippen molar-refractivity contribution in [1.29, 1.82) is 0 Å². The van der Waals surface area contributed by atoms with Crippen molar-refractivity contribution in [2.75, 3.05) is 6.54 Å². The number of rotatable bonds is 3. The van der Waals surface area contributed by atoms with E-state index >= 15 is 0 Å². The fourth-order valence-electron chi connectivity index (χ4n) is 2.70. The van der Waals surface area contributed by atoms with Crippen LogP contribution in [0.25, 0.3) is 0 Å². The molecule has 2 fully saturated rings. The van der Waals surface area contributed by atoms with Crippen molar-refractivity contribution < 1.29 is 14.4 Å². The maximum Gasteiger partial charge on any atom is 0.330 e. The number of nitrogens with zero attached hydrogens (tertiary/aromatic N) is 2. The quantitative estimate of drug-likeness (QED) is 0.856. The SMILES string of the molecule is CC(CN1C(=O)NC(=O)C2(CCC2)C1=O)c1nccs1. The summed E-state index contributed by atoms with van der Waals surface area (Å²) in [5.74, 6) is -0.812. The molecule has 1 aromatic rings. The largest absolute Gasteiger partial charge is 0.330 e. The number of urea groups is 1. The summed E-state index contributed by atoms with van der Waals surface area (Å²) in [5.41, 5.74) is -0.990. The highest BCUT2D eigenvalue weighted by Crippen LogP contribution is 2.44. The van der Waals surface area contributed by atoms with Crippen LogP contribution in [-0.4, -0.2) is 34.3 Å². The highest BCUT2D eigenvalue weighted by atomic mass is 32.1. The lowest BCUT2D eigenvalue weighted by molar-refractivity contribution is -0.157. The number of carbonyl (C=O) groups is 3. The Bertz CT molecular complexity index is 565. The Balaban J connectivity index is 1.80. The molecule has 1 spiro atoms. The molecule has 1 N–H and O–H groups in total. The molecular weight excluding hydrogens is 278 g/mol. The van der Waals surface area contributed by atoms with Crippen LogP contribution in [0.1, 0.15) is 37.1 Å². The van der Waals surface area contributed by atoms with Crippen LogP contribution in [0.4, 0.5) is 4.79 Å². The summed E-state index contributed by atoms with van der Waals surface area (Å²) in [5, 5.41) is 5.06. The first-order chi connectivity index (χ1) is 9.54. The zero-order valence-electron chi connectivity index (χ0n) is 11.1. The third-order valence-corrected chi connectivity index (χ3v) is 5.10. The van der Waals surface area contributed by atoms with E-state index in [2.05, 4.69) is 10.3 Å². The number of amides is 4. The van der Waals surface area contributed by atoms with E-state index < -0.39 is 17.4 Å². The summed E-state index contributed by atoms with van der Waals surface area (Å²) in [6.07, 6.45) is 3.62. The molecule has 1 atom stereocenters. The van der Waals surface area contributed by atoms with Gasteiger partial charge in [0.1, 0.15) is 5.41 Å². The van der Waals surface area contributed by atoms with Gasteiger partial charge in [-0.25, -0.2) is 9.78 Å². The normalized spacial score (nSPS) is 22.6. The molecule has 1 aliphatic carbocycles. The van der Waals surface area contributed by atoms with Crippen LogP contribution in [-0.2, 0) is 9.59 Å². The molecule has 1 unspecified atom stereocenters. The zero-order chi connectivity index (χ0) is 14.3. The fraction of sp³-hybridized carbons (Fsp3) is 0.538. The average molecular weight is 293 g/mol. The van der Waals surface area contributed by atoms with Gasteiger partial charge >= 0.3 is 6.03 Å². The van der Waals surface area contributed by atoms with Crippen molar-refractivity contribution in [3.05, 3.63) is 16.6 Å². The summed E-state index contributed by atoms with van der Waals surface area (Å²) in [6, 6.07) is -0.610. The molecule has 2 aliphatic rings. The second kappa shape index (κ2) is 4.66. The van der Waals surface area contributed by atoms with E-state index in [-0.39, 0.29) is 18.4 Å². The number of nitrogens with one attached hydrogen (secondary N) is 1. The van der Waals surface area contributed by atoms with Gasteiger partial charge in [0.25, 0.3) is 0 Å². The molecule has 4 amide bonds. The third-order valence-electron chi connectivity index (χ3n) is 4.09. The molecule has 0 radical (unpaired) electrons. The molecule has 7 heteroatoms. The Morgan fingerprint density at radius 1 is 1.45 bits per heavy atom. The Kier molecular flexibility index (Phi) is 3.08. The first-order valence-electron chi connectivity index (χ1n) is 6.61. The van der Waals surface area contributed by atoms with Gasteiger partial charge in [-0.05, 0) is 12.8 Å². The van der Waals surface area contributed by atoms with Crippen molar-refractivity contribution in [2.24, 2.45) is 5.41 Å². The molecule has 0 aromatic carbocycles. The summed E-state index contributed by atoms with van der Waals surface area (Å²) in [4.78, 5) is 41.6. The van der Waals surface area contributed by atoms with Crippen LogP contribution in [0, 0.1) is 5.41 Å². The van der Waals surface area contributed by atoms with Gasteiger partial charge in [0.05, 0.1) is 5.01 Å². The van der Waals surface area contributed by atoms with E-state index in [0.717, 1.165) is 11.4 Å². The van der Waals surface area contributed by atoms with Gasteiger partial charge in [-0.1, -0.05) is 13.3 Å². The van der Waals surface area contributed by atoms with Crippen LogP contribution >= 0.6 is 11.3 Å². The number of hydrogen-bond donors (Lipinski definition) is 1. The molecule has 1 saturated carbocycles. The van der Waals surface area contributed by atoms with Gasteiger partial charge in [0, 0.05) is 24.0 Å². The third kappa shape index (κ3) is 1.84. The smallest absolute Gasteiger partial charge is 0.277 e. The van der Waals surface area contributed by atoms with Crippen LogP contribution in [0.15, 0.2) is 11.6 Å². The number of imide groups is 2. The monoisotopic (exact) mass is 293 g/mol. The van der Waals surface area contributed by atoms with Gasteiger partial charge in [0.2, 0.25) is 11.8 Å². The van der Waals surface area contributed by atoms with Gasteiger partial charge in [-0.15, -0.1) is 11.3 Å². The minimum Gasteiger partial charge on any atom is -0.277 e. The maximum absolute atomic E-state index is 12.5. The molecule has 106 valence electrons. The van der Waals surface area contributed by atoms with Crippen LogP contribution in [0.3, 0.4) is 0 Å². The van der Waals surface area contributed by atoms with Crippen LogP contribution in [0.5, 0.6) is 0 Å². The molecule has 2 heterocycles. The fourth-order valence-corrected chi connectivity index (χ4v) is 3.39. The molecule has 3 rings (SSSR count). The summed E-state index contributed by atoms with van der Waals surface area (Å²) in [6.45, 7) is 2.18. The van der Waals surface area contributed by atoms with Crippen molar-refractivity contribution in [3.8, 4) is 0 Å². The van der Waals surface area contributed by atoms with Gasteiger partial charge in [0.15, 0.2) is 0 Å². The van der Waals surface area contributed by atoms with Gasteiger partial charge < -0.3 is 0 Å². The average Bonchev–Trinajstić information content (AvgIpc) is 2.86. The lowest BCUT2D eigenvalue weighted by Crippen LogP contribution is -2.66. The maximum atomic E-state index is 12.5. The topological polar surface area (TPSA) is 79.4 Å². The second-order valence-corrected chi connectivity index (χ2v) is 6.31. The molecule has 0 bridgehead atoms. The Morgan fingerprint density at radius 2 is 2.20 bits per heavy atom. The van der Waals surface area contributed by atoms with E-state index in [1.165, 1.54) is 16.2 Å². The first kappa shape index (κ1) is 13.2. The lowest BCUT2D eigenvalue weighted by atomic mass is 9.66. The van der Waals surface area contributed by atoms with Crippen LogP contribution < -0.4 is 5.32 Å². The molecule has 6 nitrogen and oxygen atoms in total. The van der Waals surface area contributed by atoms with Gasteiger partial charge in [-0.3, -0.25) is 19.8 Å². The summed E-state index contributed by atoms with van der Waals surface area (Å²) >= 11 is 1.49. The van der Waals surface area contributed by atoms with Crippen molar-refractivity contribution in [2.45, 2.75) is 32.1 Å². The second-order valence-electron chi connectivity index (χ2n) is 5.38. The predicted molar refractivity (Wildman–Crippen MR) is 72.1 cm³/mol. The number of aromatic nitrogens is 1. The Morgan fingerprint density at radius 3 is 2.75 bits per heavy atom. The zero-order valence-corrected chi connectivity index (χ0v) is 11.9. The molecule has 1 aromatic heterocycles. The summed E-state index contributed by atoms with van der Waals surface area (Å²) in [7, 11) is 0. The molecule has 1 aliphatic heterocycles. The summed E-state index contributed by atoms with van der Waals surface area (Å²) < 4.78 is 0. The van der Waals surface area contributed by atoms with Crippen molar-refractivity contribution in [1.82, 2.24) is 15.2 Å². The molecule has 20 heavy (non-hydrogen) atoms. The standard InChI is InChI=1S/C13H15N3O3S/c1-8(9-14-5-6-20-9)7-16-11(18)13(3-2-4-13)10(17)15-12(16)19/h5-6,8H,2-4,7H2,1H3,(H,15,17,19). The number of barbiturate groups is 1. The van der Waals surface area contributed by atoms with E-state index in [1.54, 1.807) is 6.20 Å². The van der Waals surface area contributed by atoms with Crippen LogP contribution in [0.2, 0.25) is 0 Å². The van der Waals surface area contributed by atoms with E-state index in [4.69, 9.17) is 0 Å². The van der Waals surface area contributed by atoms with E-state index in [9.17, 15) is 14.4 Å². The highest BCUT2D eigenvalue weighted by Gasteiger charge is 2.57. The number of hydrogen-bond acceptors (Lipinski definition) is 5. The van der Waals surface area contributed by atoms with Gasteiger partial charge in [-0.2, -0.15) is 0 Å². The Labute approximate surface area is 120 Å². The van der Waals surface area contributed by atoms with E-state index in [0.29, 0.717) is 12.8 Å². The van der Waals surface area contributed by atoms with Crippen molar-refractivity contribution in [3.63, 3.8) is 0 Å². The minimum atomic E-state index is -0.990. The number of carbonyl (C=O) groups excluding carboxylic acids is 3. The molecular formula is C13H15N3O3S. The minimum absolute atomic E-state index is 0.0324. The predicted octanol–water partition coefficient (Wildman–Crippen LogP) is 1.50. The van der Waals surface area contributed by atoms with Crippen molar-refractivity contribution >= 4 is 29.2 Å².